The first-order valence-electron chi connectivity index (χ1n) is 6.14. The number of anilines is 1. The van der Waals surface area contributed by atoms with Gasteiger partial charge in [0.2, 0.25) is 0 Å². The first kappa shape index (κ1) is 12.0. The van der Waals surface area contributed by atoms with Crippen LogP contribution in [0.1, 0.15) is 13.3 Å². The van der Waals surface area contributed by atoms with E-state index >= 15 is 0 Å². The Bertz CT molecular complexity index is 680. The van der Waals surface area contributed by atoms with Crippen molar-refractivity contribution in [2.45, 2.75) is 13.3 Å². The highest BCUT2D eigenvalue weighted by Gasteiger charge is 2.10. The van der Waals surface area contributed by atoms with Gasteiger partial charge >= 0.3 is 0 Å². The fourth-order valence-corrected chi connectivity index (χ4v) is 2.53. The van der Waals surface area contributed by atoms with Crippen molar-refractivity contribution in [3.8, 4) is 11.5 Å². The first-order valence-corrected chi connectivity index (χ1v) is 7.02. The number of hydrogen-bond donors (Lipinski definition) is 1. The Morgan fingerprint density at radius 1 is 1.26 bits per heavy atom. The second-order valence-electron chi connectivity index (χ2n) is 4.06. The summed E-state index contributed by atoms with van der Waals surface area (Å²) in [5.41, 5.74) is 0.741. The molecule has 3 aromatic rings. The lowest BCUT2D eigenvalue weighted by Crippen LogP contribution is -2.04. The molecule has 0 aromatic carbocycles. The minimum Gasteiger partial charge on any atom is -0.369 e. The highest BCUT2D eigenvalue weighted by molar-refractivity contribution is 7.16. The summed E-state index contributed by atoms with van der Waals surface area (Å²) in [6.45, 7) is 3.02. The molecule has 0 atom stereocenters. The second-order valence-corrected chi connectivity index (χ2v) is 4.95. The van der Waals surface area contributed by atoms with Gasteiger partial charge in [0.05, 0.1) is 5.39 Å². The van der Waals surface area contributed by atoms with Crippen LogP contribution in [0.3, 0.4) is 0 Å². The Kier molecular flexibility index (Phi) is 3.33. The lowest BCUT2D eigenvalue weighted by Gasteiger charge is -2.07. The van der Waals surface area contributed by atoms with Crippen LogP contribution in [0.5, 0.6) is 0 Å². The normalized spacial score (nSPS) is 10.8. The third-order valence-electron chi connectivity index (χ3n) is 2.68. The molecule has 0 spiro atoms. The van der Waals surface area contributed by atoms with Gasteiger partial charge in [-0.25, -0.2) is 19.9 Å². The number of hydrogen-bond acceptors (Lipinski definition) is 6. The average molecular weight is 271 g/mol. The van der Waals surface area contributed by atoms with Crippen molar-refractivity contribution in [3.63, 3.8) is 0 Å². The first-order chi connectivity index (χ1) is 9.38. The van der Waals surface area contributed by atoms with Gasteiger partial charge in [0, 0.05) is 12.7 Å². The molecule has 0 amide bonds. The van der Waals surface area contributed by atoms with Crippen molar-refractivity contribution in [1.29, 1.82) is 0 Å². The Balaban J connectivity index is 2.11. The van der Waals surface area contributed by atoms with Crippen molar-refractivity contribution in [1.82, 2.24) is 19.9 Å². The number of aromatic nitrogens is 4. The van der Waals surface area contributed by atoms with E-state index in [0.29, 0.717) is 5.82 Å². The number of nitrogens with one attached hydrogen (secondary N) is 1. The number of nitrogens with zero attached hydrogens (tertiary/aromatic N) is 4. The standard InChI is InChI=1S/C13H13N5S/c1-2-5-15-11-9-4-7-19-13(9)18-12(17-11)10-3-6-14-8-16-10/h3-4,6-8H,2,5H2,1H3,(H,15,17,18). The van der Waals surface area contributed by atoms with Crippen LogP contribution in [-0.4, -0.2) is 26.5 Å². The van der Waals surface area contributed by atoms with Gasteiger partial charge in [-0.2, -0.15) is 0 Å². The minimum absolute atomic E-state index is 0.635. The van der Waals surface area contributed by atoms with Crippen LogP contribution in [0.4, 0.5) is 5.82 Å². The zero-order valence-corrected chi connectivity index (χ0v) is 11.3. The number of thiophene rings is 1. The molecular weight excluding hydrogens is 258 g/mol. The fraction of sp³-hybridized carbons (Fsp3) is 0.231. The molecule has 0 saturated carbocycles. The summed E-state index contributed by atoms with van der Waals surface area (Å²) in [5, 5.41) is 6.44. The molecule has 3 rings (SSSR count). The average Bonchev–Trinajstić information content (AvgIpc) is 2.94. The molecule has 6 heteroatoms. The van der Waals surface area contributed by atoms with E-state index < -0.39 is 0 Å². The number of rotatable bonds is 4. The molecule has 1 N–H and O–H groups in total. The van der Waals surface area contributed by atoms with Crippen molar-refractivity contribution >= 4 is 27.4 Å². The molecule has 0 aliphatic carbocycles. The van der Waals surface area contributed by atoms with E-state index in [1.807, 2.05) is 17.5 Å². The Morgan fingerprint density at radius 3 is 3.00 bits per heavy atom. The summed E-state index contributed by atoms with van der Waals surface area (Å²) >= 11 is 1.61. The highest BCUT2D eigenvalue weighted by Crippen LogP contribution is 2.27. The van der Waals surface area contributed by atoms with E-state index in [9.17, 15) is 0 Å². The van der Waals surface area contributed by atoms with Crippen molar-refractivity contribution in [2.24, 2.45) is 0 Å². The second kappa shape index (κ2) is 5.27. The van der Waals surface area contributed by atoms with Crippen LogP contribution < -0.4 is 5.32 Å². The quantitative estimate of drug-likeness (QED) is 0.790. The summed E-state index contributed by atoms with van der Waals surface area (Å²) in [6, 6.07) is 3.86. The van der Waals surface area contributed by atoms with E-state index in [0.717, 1.165) is 34.7 Å². The smallest absolute Gasteiger partial charge is 0.181 e. The fourth-order valence-electron chi connectivity index (χ4n) is 1.77. The van der Waals surface area contributed by atoms with Gasteiger partial charge in [-0.1, -0.05) is 6.92 Å². The number of fused-ring (bicyclic) bond motifs is 1. The molecule has 0 aliphatic rings. The van der Waals surface area contributed by atoms with Gasteiger partial charge in [-0.3, -0.25) is 0 Å². The predicted octanol–water partition coefficient (Wildman–Crippen LogP) is 2.97. The lowest BCUT2D eigenvalue weighted by molar-refractivity contribution is 0.970. The van der Waals surface area contributed by atoms with Crippen LogP contribution >= 0.6 is 11.3 Å². The van der Waals surface area contributed by atoms with Crippen molar-refractivity contribution < 1.29 is 0 Å². The van der Waals surface area contributed by atoms with Crippen molar-refractivity contribution in [3.05, 3.63) is 30.0 Å². The molecule has 3 aromatic heterocycles. The molecule has 0 unspecified atom stereocenters. The van der Waals surface area contributed by atoms with Crippen LogP contribution in [0.15, 0.2) is 30.0 Å². The SMILES string of the molecule is CCCNc1nc(-c2ccncn2)nc2sccc12. The summed E-state index contributed by atoms with van der Waals surface area (Å²) in [5.74, 6) is 1.51. The van der Waals surface area contributed by atoms with Crippen LogP contribution in [-0.2, 0) is 0 Å². The van der Waals surface area contributed by atoms with E-state index in [2.05, 4.69) is 32.2 Å². The van der Waals surface area contributed by atoms with Crippen LogP contribution in [0.25, 0.3) is 21.7 Å². The predicted molar refractivity (Wildman–Crippen MR) is 77.2 cm³/mol. The molecule has 0 fully saturated rings. The maximum atomic E-state index is 4.58. The molecule has 3 heterocycles. The summed E-state index contributed by atoms with van der Waals surface area (Å²) in [7, 11) is 0. The molecular formula is C13H13N5S. The van der Waals surface area contributed by atoms with E-state index in [4.69, 9.17) is 0 Å². The zero-order valence-electron chi connectivity index (χ0n) is 10.5. The van der Waals surface area contributed by atoms with E-state index in [1.165, 1.54) is 6.33 Å². The Morgan fingerprint density at radius 2 is 2.21 bits per heavy atom. The summed E-state index contributed by atoms with van der Waals surface area (Å²) < 4.78 is 0. The van der Waals surface area contributed by atoms with Gasteiger partial charge in [0.25, 0.3) is 0 Å². The maximum Gasteiger partial charge on any atom is 0.181 e. The Hall–Kier alpha value is -2.08. The molecule has 0 radical (unpaired) electrons. The molecule has 19 heavy (non-hydrogen) atoms. The Labute approximate surface area is 114 Å². The van der Waals surface area contributed by atoms with Gasteiger partial charge in [0.1, 0.15) is 22.7 Å². The molecule has 0 saturated heterocycles. The van der Waals surface area contributed by atoms with Crippen LogP contribution in [0.2, 0.25) is 0 Å². The molecule has 96 valence electrons. The monoisotopic (exact) mass is 271 g/mol. The summed E-state index contributed by atoms with van der Waals surface area (Å²) in [4.78, 5) is 18.2. The highest BCUT2D eigenvalue weighted by atomic mass is 32.1. The zero-order chi connectivity index (χ0) is 13.1. The lowest BCUT2D eigenvalue weighted by atomic mass is 10.3. The van der Waals surface area contributed by atoms with Gasteiger partial charge in [0.15, 0.2) is 5.82 Å². The minimum atomic E-state index is 0.635. The van der Waals surface area contributed by atoms with Gasteiger partial charge in [-0.15, -0.1) is 11.3 Å². The van der Waals surface area contributed by atoms with E-state index in [-0.39, 0.29) is 0 Å². The van der Waals surface area contributed by atoms with Crippen LogP contribution in [0, 0.1) is 0 Å². The maximum absolute atomic E-state index is 4.58. The van der Waals surface area contributed by atoms with Gasteiger partial charge in [-0.05, 0) is 23.9 Å². The molecule has 0 bridgehead atoms. The molecule has 0 aliphatic heterocycles. The largest absolute Gasteiger partial charge is 0.369 e. The topological polar surface area (TPSA) is 63.6 Å². The van der Waals surface area contributed by atoms with E-state index in [1.54, 1.807) is 17.5 Å². The third-order valence-corrected chi connectivity index (χ3v) is 3.49. The van der Waals surface area contributed by atoms with Crippen molar-refractivity contribution in [2.75, 3.05) is 11.9 Å². The summed E-state index contributed by atoms with van der Waals surface area (Å²) in [6.07, 6.45) is 4.26. The molecule has 5 nitrogen and oxygen atoms in total. The third kappa shape index (κ3) is 2.39. The van der Waals surface area contributed by atoms with Gasteiger partial charge < -0.3 is 5.32 Å².